The fourth-order valence-electron chi connectivity index (χ4n) is 1.20. The van der Waals surface area contributed by atoms with Crippen LogP contribution in [0.15, 0.2) is 8.26 Å². The van der Waals surface area contributed by atoms with Gasteiger partial charge in [0.05, 0.1) is 15.4 Å². The molecule has 1 unspecified atom stereocenters. The third-order valence-corrected chi connectivity index (χ3v) is 5.33. The molecule has 1 heterocycles. The predicted molar refractivity (Wildman–Crippen MR) is 82.4 cm³/mol. The number of hydrogen-bond donors (Lipinski definition) is 0. The Bertz CT molecular complexity index is 553. The van der Waals surface area contributed by atoms with Crippen LogP contribution in [0, 0.1) is 0 Å². The Kier molecular flexibility index (Phi) is 6.18. The molecule has 5 nitrogen and oxygen atoms in total. The molecule has 0 radical (unpaired) electrons. The van der Waals surface area contributed by atoms with Gasteiger partial charge in [-0.15, -0.1) is 11.3 Å². The van der Waals surface area contributed by atoms with E-state index in [1.807, 2.05) is 0 Å². The minimum atomic E-state index is -2.36. The number of carbonyl (C=O) groups is 2. The fraction of sp³-hybridized carbons (Fsp3) is 0.500. The third-order valence-electron chi connectivity index (χ3n) is 1.95. The van der Waals surface area contributed by atoms with E-state index in [-0.39, 0.29) is 10.6 Å². The van der Waals surface area contributed by atoms with Crippen molar-refractivity contribution >= 4 is 55.1 Å². The van der Waals surface area contributed by atoms with Crippen LogP contribution in [0.5, 0.6) is 5.75 Å². The van der Waals surface area contributed by atoms with Gasteiger partial charge < -0.3 is 14.2 Å². The second-order valence-electron chi connectivity index (χ2n) is 4.81. The van der Waals surface area contributed by atoms with Crippen molar-refractivity contribution in [1.29, 1.82) is 0 Å². The van der Waals surface area contributed by atoms with Gasteiger partial charge in [0.1, 0.15) is 5.60 Å². The number of carbonyl (C=O) groups excluding carboxylic acids is 2. The highest BCUT2D eigenvalue weighted by Crippen LogP contribution is 2.44. The Morgan fingerprint density at radius 3 is 2.33 bits per heavy atom. The highest BCUT2D eigenvalue weighted by Gasteiger charge is 2.31. The molecule has 0 bridgehead atoms. The molecule has 0 aliphatic rings. The quantitative estimate of drug-likeness (QED) is 0.651. The van der Waals surface area contributed by atoms with Gasteiger partial charge in [0.2, 0.25) is 0 Å². The summed E-state index contributed by atoms with van der Waals surface area (Å²) in [6.07, 6.45) is -2.36. The van der Waals surface area contributed by atoms with Crippen molar-refractivity contribution in [1.82, 2.24) is 0 Å². The second kappa shape index (κ2) is 7.06. The van der Waals surface area contributed by atoms with E-state index in [1.165, 1.54) is 7.11 Å². The Hall–Kier alpha value is -0.670. The largest absolute Gasteiger partial charge is 0.465 e. The van der Waals surface area contributed by atoms with Gasteiger partial charge in [0.25, 0.3) is 0 Å². The molecular formula is C12H13Br2FO5S. The summed E-state index contributed by atoms with van der Waals surface area (Å²) in [5.74, 6) is -1.98. The lowest BCUT2D eigenvalue weighted by molar-refractivity contribution is -0.172. The maximum Gasteiger partial charge on any atom is 0.381 e. The van der Waals surface area contributed by atoms with Crippen LogP contribution < -0.4 is 4.74 Å². The van der Waals surface area contributed by atoms with Crippen LogP contribution >= 0.6 is 43.2 Å². The number of methoxy groups -OCH3 is 1. The van der Waals surface area contributed by atoms with Crippen LogP contribution in [-0.4, -0.2) is 31.0 Å². The Morgan fingerprint density at radius 2 is 1.86 bits per heavy atom. The Labute approximate surface area is 142 Å². The molecule has 0 aliphatic carbocycles. The highest BCUT2D eigenvalue weighted by molar-refractivity contribution is 9.13. The molecule has 118 valence electrons. The zero-order chi connectivity index (χ0) is 16.4. The van der Waals surface area contributed by atoms with Gasteiger partial charge in [0, 0.05) is 0 Å². The zero-order valence-electron chi connectivity index (χ0n) is 11.7. The van der Waals surface area contributed by atoms with E-state index in [0.717, 1.165) is 11.3 Å². The van der Waals surface area contributed by atoms with Crippen molar-refractivity contribution in [2.45, 2.75) is 32.7 Å². The van der Waals surface area contributed by atoms with Crippen LogP contribution in [-0.2, 0) is 14.3 Å². The summed E-state index contributed by atoms with van der Waals surface area (Å²) in [4.78, 5) is 23.2. The summed E-state index contributed by atoms with van der Waals surface area (Å²) in [5.41, 5.74) is -0.845. The molecule has 0 amide bonds. The summed E-state index contributed by atoms with van der Waals surface area (Å²) in [7, 11) is 1.19. The van der Waals surface area contributed by atoms with Gasteiger partial charge in [0.15, 0.2) is 10.6 Å². The molecule has 0 aromatic carbocycles. The molecule has 1 aromatic heterocycles. The molecule has 0 fully saturated rings. The maximum atomic E-state index is 13.9. The van der Waals surface area contributed by atoms with Gasteiger partial charge >= 0.3 is 18.3 Å². The van der Waals surface area contributed by atoms with Crippen LogP contribution in [0.25, 0.3) is 0 Å². The normalized spacial score (nSPS) is 12.7. The van der Waals surface area contributed by atoms with E-state index < -0.39 is 23.9 Å². The monoisotopic (exact) mass is 446 g/mol. The summed E-state index contributed by atoms with van der Waals surface area (Å²) in [6.45, 7) is 4.82. The van der Waals surface area contributed by atoms with Crippen molar-refractivity contribution in [2.24, 2.45) is 0 Å². The zero-order valence-corrected chi connectivity index (χ0v) is 15.6. The molecule has 1 aromatic rings. The van der Waals surface area contributed by atoms with Gasteiger partial charge in [-0.3, -0.25) is 0 Å². The SMILES string of the molecule is COC(=O)c1sc(Br)c(Br)c1OC(F)C(=O)OC(C)(C)C. The number of halogens is 3. The summed E-state index contributed by atoms with van der Waals surface area (Å²) < 4.78 is 29.1. The number of esters is 2. The van der Waals surface area contributed by atoms with Gasteiger partial charge in [-0.05, 0) is 52.6 Å². The van der Waals surface area contributed by atoms with Crippen molar-refractivity contribution in [2.75, 3.05) is 7.11 Å². The second-order valence-corrected chi connectivity index (χ2v) is 7.94. The topological polar surface area (TPSA) is 61.8 Å². The average molecular weight is 448 g/mol. The number of ether oxygens (including phenoxy) is 3. The first-order valence-corrected chi connectivity index (χ1v) is 8.06. The summed E-state index contributed by atoms with van der Waals surface area (Å²) in [5, 5.41) is 0. The number of hydrogen-bond acceptors (Lipinski definition) is 6. The van der Waals surface area contributed by atoms with Gasteiger partial charge in [-0.25, -0.2) is 9.59 Å². The standard InChI is InChI=1S/C12H13Br2FO5S/c1-12(2,3)20-11(17)9(15)19-6-5(13)8(14)21-7(6)10(16)18-4/h9H,1-4H3. The molecular weight excluding hydrogens is 435 g/mol. The van der Waals surface area contributed by atoms with Crippen LogP contribution in [0.1, 0.15) is 30.4 Å². The molecule has 1 rings (SSSR count). The van der Waals surface area contributed by atoms with E-state index in [4.69, 9.17) is 9.47 Å². The third kappa shape index (κ3) is 4.93. The molecule has 0 saturated carbocycles. The first-order chi connectivity index (χ1) is 9.56. The Balaban J connectivity index is 2.97. The van der Waals surface area contributed by atoms with E-state index in [2.05, 4.69) is 36.6 Å². The predicted octanol–water partition coefficient (Wildman–Crippen LogP) is 4.08. The lowest BCUT2D eigenvalue weighted by atomic mass is 10.2. The number of thiophene rings is 1. The summed E-state index contributed by atoms with van der Waals surface area (Å²) >= 11 is 7.33. The fourth-order valence-corrected chi connectivity index (χ4v) is 3.30. The summed E-state index contributed by atoms with van der Waals surface area (Å²) in [6, 6.07) is 0. The van der Waals surface area contributed by atoms with Crippen molar-refractivity contribution in [3.8, 4) is 5.75 Å². The molecule has 9 heteroatoms. The van der Waals surface area contributed by atoms with Gasteiger partial charge in [-0.2, -0.15) is 4.39 Å². The molecule has 0 spiro atoms. The minimum absolute atomic E-state index is 0.0301. The van der Waals surface area contributed by atoms with Crippen molar-refractivity contribution < 1.29 is 28.2 Å². The van der Waals surface area contributed by atoms with Crippen molar-refractivity contribution in [3.63, 3.8) is 0 Å². The van der Waals surface area contributed by atoms with Crippen LogP contribution in [0.3, 0.4) is 0 Å². The first-order valence-electron chi connectivity index (χ1n) is 5.66. The molecule has 0 saturated heterocycles. The lowest BCUT2D eigenvalue weighted by Crippen LogP contribution is -2.32. The number of alkyl halides is 1. The average Bonchev–Trinajstić information content (AvgIpc) is 2.64. The smallest absolute Gasteiger partial charge is 0.381 e. The highest BCUT2D eigenvalue weighted by atomic mass is 79.9. The lowest BCUT2D eigenvalue weighted by Gasteiger charge is -2.21. The van der Waals surface area contributed by atoms with Crippen LogP contribution in [0.2, 0.25) is 0 Å². The molecule has 21 heavy (non-hydrogen) atoms. The van der Waals surface area contributed by atoms with E-state index >= 15 is 0 Å². The van der Waals surface area contributed by atoms with Crippen LogP contribution in [0.4, 0.5) is 4.39 Å². The van der Waals surface area contributed by atoms with E-state index in [0.29, 0.717) is 8.26 Å². The van der Waals surface area contributed by atoms with E-state index in [9.17, 15) is 14.0 Å². The molecule has 1 atom stereocenters. The maximum absolute atomic E-state index is 13.9. The minimum Gasteiger partial charge on any atom is -0.465 e. The van der Waals surface area contributed by atoms with E-state index in [1.54, 1.807) is 20.8 Å². The first kappa shape index (κ1) is 18.4. The van der Waals surface area contributed by atoms with Crippen molar-refractivity contribution in [3.05, 3.63) is 13.1 Å². The molecule has 0 N–H and O–H groups in total. The Morgan fingerprint density at radius 1 is 1.29 bits per heavy atom. The van der Waals surface area contributed by atoms with Gasteiger partial charge in [-0.1, -0.05) is 0 Å². The molecule has 0 aliphatic heterocycles. The number of rotatable bonds is 4.